The lowest BCUT2D eigenvalue weighted by Crippen LogP contribution is -2.50. The fraction of sp³-hybridized carbons (Fsp3) is 0.455. The van der Waals surface area contributed by atoms with E-state index < -0.39 is 6.04 Å². The first kappa shape index (κ1) is 20.7. The van der Waals surface area contributed by atoms with Crippen molar-refractivity contribution in [1.29, 1.82) is 0 Å². The van der Waals surface area contributed by atoms with E-state index in [1.54, 1.807) is 24.3 Å². The van der Waals surface area contributed by atoms with Crippen LogP contribution in [0.4, 0.5) is 0 Å². The summed E-state index contributed by atoms with van der Waals surface area (Å²) >= 11 is 0. The van der Waals surface area contributed by atoms with E-state index in [-0.39, 0.29) is 23.1 Å². The first-order valence-electron chi connectivity index (χ1n) is 9.28. The van der Waals surface area contributed by atoms with Crippen LogP contribution in [-0.2, 0) is 16.8 Å². The van der Waals surface area contributed by atoms with Crippen LogP contribution in [0.1, 0.15) is 56.3 Å². The molecule has 5 nitrogen and oxygen atoms in total. The van der Waals surface area contributed by atoms with Crippen molar-refractivity contribution in [2.24, 2.45) is 5.92 Å². The molecule has 0 saturated heterocycles. The summed E-state index contributed by atoms with van der Waals surface area (Å²) in [6.07, 6.45) is 1.58. The molecule has 2 aromatic rings. The Morgan fingerprint density at radius 3 is 2.22 bits per heavy atom. The second-order valence-corrected chi connectivity index (χ2v) is 8.30. The average Bonchev–Trinajstić information content (AvgIpc) is 3.10. The van der Waals surface area contributed by atoms with Gasteiger partial charge in [0, 0.05) is 12.6 Å². The summed E-state index contributed by atoms with van der Waals surface area (Å²) in [7, 11) is 1.71. The van der Waals surface area contributed by atoms with Gasteiger partial charge in [0.05, 0.1) is 12.8 Å². The number of carbonyl (C=O) groups is 2. The highest BCUT2D eigenvalue weighted by Gasteiger charge is 2.28. The van der Waals surface area contributed by atoms with E-state index in [0.717, 1.165) is 5.56 Å². The van der Waals surface area contributed by atoms with Gasteiger partial charge in [-0.2, -0.15) is 0 Å². The number of hydrogen-bond acceptors (Lipinski definition) is 3. The number of furan rings is 1. The van der Waals surface area contributed by atoms with Crippen LogP contribution in [0, 0.1) is 5.92 Å². The first-order valence-corrected chi connectivity index (χ1v) is 9.28. The molecule has 0 spiro atoms. The Hall–Kier alpha value is -2.56. The number of nitrogens with one attached hydrogen (secondary N) is 1. The van der Waals surface area contributed by atoms with Crippen molar-refractivity contribution in [3.63, 3.8) is 0 Å². The lowest BCUT2D eigenvalue weighted by molar-refractivity contribution is -0.133. The third kappa shape index (κ3) is 5.46. The second-order valence-electron chi connectivity index (χ2n) is 8.30. The Bertz CT molecular complexity index is 756. The van der Waals surface area contributed by atoms with Gasteiger partial charge in [-0.05, 0) is 41.2 Å². The standard InChI is InChI=1S/C22H30N2O3/c1-15(2)19(21(26)24(6)14-18-8-7-13-27-18)23-20(25)16-9-11-17(12-10-16)22(3,4)5/h7-13,15,19H,14H2,1-6H3,(H,23,25). The summed E-state index contributed by atoms with van der Waals surface area (Å²) in [5.41, 5.74) is 1.74. The maximum Gasteiger partial charge on any atom is 0.251 e. The number of nitrogens with zero attached hydrogens (tertiary/aromatic N) is 1. The maximum absolute atomic E-state index is 12.8. The van der Waals surface area contributed by atoms with Crippen molar-refractivity contribution < 1.29 is 14.0 Å². The zero-order valence-electron chi connectivity index (χ0n) is 17.1. The van der Waals surface area contributed by atoms with Gasteiger partial charge in [0.15, 0.2) is 0 Å². The van der Waals surface area contributed by atoms with Crippen LogP contribution in [0.2, 0.25) is 0 Å². The molecular formula is C22H30N2O3. The molecule has 0 fully saturated rings. The predicted octanol–water partition coefficient (Wildman–Crippen LogP) is 3.99. The van der Waals surface area contributed by atoms with E-state index in [9.17, 15) is 9.59 Å². The topological polar surface area (TPSA) is 62.6 Å². The van der Waals surface area contributed by atoms with Crippen molar-refractivity contribution in [2.75, 3.05) is 7.05 Å². The van der Waals surface area contributed by atoms with Crippen molar-refractivity contribution >= 4 is 11.8 Å². The number of rotatable bonds is 6. The molecular weight excluding hydrogens is 340 g/mol. The molecule has 0 saturated carbocycles. The zero-order valence-corrected chi connectivity index (χ0v) is 17.1. The smallest absolute Gasteiger partial charge is 0.251 e. The summed E-state index contributed by atoms with van der Waals surface area (Å²) < 4.78 is 5.30. The van der Waals surface area contributed by atoms with E-state index in [1.165, 1.54) is 0 Å². The van der Waals surface area contributed by atoms with E-state index in [0.29, 0.717) is 17.9 Å². The lowest BCUT2D eigenvalue weighted by atomic mass is 9.86. The van der Waals surface area contributed by atoms with Crippen LogP contribution < -0.4 is 5.32 Å². The van der Waals surface area contributed by atoms with Gasteiger partial charge in [-0.3, -0.25) is 9.59 Å². The summed E-state index contributed by atoms with van der Waals surface area (Å²) in [4.78, 5) is 27.1. The highest BCUT2D eigenvalue weighted by Crippen LogP contribution is 2.22. The normalized spacial score (nSPS) is 12.7. The molecule has 1 unspecified atom stereocenters. The zero-order chi connectivity index (χ0) is 20.2. The van der Waals surface area contributed by atoms with Gasteiger partial charge in [0.25, 0.3) is 5.91 Å². The molecule has 1 N–H and O–H groups in total. The van der Waals surface area contributed by atoms with Crippen LogP contribution in [0.25, 0.3) is 0 Å². The van der Waals surface area contributed by atoms with Crippen molar-refractivity contribution in [1.82, 2.24) is 10.2 Å². The van der Waals surface area contributed by atoms with Gasteiger partial charge in [-0.25, -0.2) is 0 Å². The minimum Gasteiger partial charge on any atom is -0.467 e. The van der Waals surface area contributed by atoms with Gasteiger partial charge in [-0.1, -0.05) is 46.8 Å². The van der Waals surface area contributed by atoms with Crippen molar-refractivity contribution in [3.8, 4) is 0 Å². The third-order valence-electron chi connectivity index (χ3n) is 4.58. The lowest BCUT2D eigenvalue weighted by Gasteiger charge is -2.26. The summed E-state index contributed by atoms with van der Waals surface area (Å²) in [5, 5.41) is 2.89. The highest BCUT2D eigenvalue weighted by molar-refractivity contribution is 5.97. The highest BCUT2D eigenvalue weighted by atomic mass is 16.3. The number of likely N-dealkylation sites (N-methyl/N-ethyl adjacent to an activating group) is 1. The molecule has 0 aliphatic rings. The molecule has 0 bridgehead atoms. The molecule has 5 heteroatoms. The van der Waals surface area contributed by atoms with Crippen LogP contribution in [0.15, 0.2) is 47.1 Å². The molecule has 1 heterocycles. The van der Waals surface area contributed by atoms with E-state index in [4.69, 9.17) is 4.42 Å². The number of benzene rings is 1. The number of amides is 2. The molecule has 2 rings (SSSR count). The quantitative estimate of drug-likeness (QED) is 0.836. The Labute approximate surface area is 161 Å². The molecule has 0 radical (unpaired) electrons. The molecule has 1 aromatic carbocycles. The van der Waals surface area contributed by atoms with E-state index in [2.05, 4.69) is 26.1 Å². The van der Waals surface area contributed by atoms with Crippen LogP contribution >= 0.6 is 0 Å². The molecule has 1 aromatic heterocycles. The van der Waals surface area contributed by atoms with E-state index >= 15 is 0 Å². The fourth-order valence-corrected chi connectivity index (χ4v) is 2.81. The summed E-state index contributed by atoms with van der Waals surface area (Å²) in [5.74, 6) is 0.293. The maximum atomic E-state index is 12.8. The molecule has 1 atom stereocenters. The van der Waals surface area contributed by atoms with Crippen LogP contribution in [0.3, 0.4) is 0 Å². The molecule has 0 aliphatic heterocycles. The van der Waals surface area contributed by atoms with Crippen LogP contribution in [-0.4, -0.2) is 29.8 Å². The minimum absolute atomic E-state index is 0.0278. The Morgan fingerprint density at radius 2 is 1.74 bits per heavy atom. The number of hydrogen-bond donors (Lipinski definition) is 1. The number of carbonyl (C=O) groups excluding carboxylic acids is 2. The average molecular weight is 370 g/mol. The Kier molecular flexibility index (Phi) is 6.47. The predicted molar refractivity (Wildman–Crippen MR) is 106 cm³/mol. The summed E-state index contributed by atoms with van der Waals surface area (Å²) in [6, 6.07) is 10.6. The Morgan fingerprint density at radius 1 is 1.11 bits per heavy atom. The van der Waals surface area contributed by atoms with Crippen molar-refractivity contribution in [2.45, 2.75) is 52.6 Å². The van der Waals surface area contributed by atoms with Crippen LogP contribution in [0.5, 0.6) is 0 Å². The van der Waals surface area contributed by atoms with Gasteiger partial charge in [0.2, 0.25) is 5.91 Å². The summed E-state index contributed by atoms with van der Waals surface area (Å²) in [6.45, 7) is 10.6. The van der Waals surface area contributed by atoms with Gasteiger partial charge < -0.3 is 14.6 Å². The van der Waals surface area contributed by atoms with E-state index in [1.807, 2.05) is 44.2 Å². The Balaban J connectivity index is 2.08. The van der Waals surface area contributed by atoms with Gasteiger partial charge in [-0.15, -0.1) is 0 Å². The molecule has 27 heavy (non-hydrogen) atoms. The second kappa shape index (κ2) is 8.42. The van der Waals surface area contributed by atoms with Crippen molar-refractivity contribution in [3.05, 3.63) is 59.5 Å². The third-order valence-corrected chi connectivity index (χ3v) is 4.58. The van der Waals surface area contributed by atoms with Gasteiger partial charge >= 0.3 is 0 Å². The molecule has 2 amide bonds. The first-order chi connectivity index (χ1) is 12.6. The van der Waals surface area contributed by atoms with Gasteiger partial charge in [0.1, 0.15) is 11.8 Å². The largest absolute Gasteiger partial charge is 0.467 e. The molecule has 0 aliphatic carbocycles. The fourth-order valence-electron chi connectivity index (χ4n) is 2.81. The SMILES string of the molecule is CC(C)C(NC(=O)c1ccc(C(C)(C)C)cc1)C(=O)N(C)Cc1ccco1. The minimum atomic E-state index is -0.597. The monoisotopic (exact) mass is 370 g/mol. The molecule has 146 valence electrons.